The second-order valence-corrected chi connectivity index (χ2v) is 4.35. The van der Waals surface area contributed by atoms with Gasteiger partial charge >= 0.3 is 0 Å². The quantitative estimate of drug-likeness (QED) is 0.878. The van der Waals surface area contributed by atoms with Crippen LogP contribution in [0, 0.1) is 0 Å². The van der Waals surface area contributed by atoms with E-state index in [1.165, 1.54) is 0 Å². The van der Waals surface area contributed by atoms with Gasteiger partial charge in [-0.25, -0.2) is 4.98 Å². The molecule has 2 rings (SSSR count). The highest BCUT2D eigenvalue weighted by atomic mass is 32.1. The molecule has 0 fully saturated rings. The van der Waals surface area contributed by atoms with Crippen LogP contribution in [-0.2, 0) is 0 Å². The molecule has 0 aliphatic heterocycles. The molecule has 18 heavy (non-hydrogen) atoms. The maximum Gasteiger partial charge on any atom is 0.240 e. The van der Waals surface area contributed by atoms with E-state index in [1.54, 1.807) is 43.5 Å². The summed E-state index contributed by atoms with van der Waals surface area (Å²) in [6.07, 6.45) is 3.38. The fraction of sp³-hybridized carbons (Fsp3) is 0.364. The molecule has 96 valence electrons. The molecule has 0 saturated carbocycles. The fourth-order valence-corrected chi connectivity index (χ4v) is 2.33. The van der Waals surface area contributed by atoms with Gasteiger partial charge in [-0.1, -0.05) is 0 Å². The van der Waals surface area contributed by atoms with Crippen LogP contribution < -0.4 is 14.8 Å². The van der Waals surface area contributed by atoms with E-state index in [0.717, 1.165) is 4.88 Å². The highest BCUT2D eigenvalue weighted by Crippen LogP contribution is 2.29. The zero-order chi connectivity index (χ0) is 13.0. The number of methoxy groups -OCH3 is 2. The summed E-state index contributed by atoms with van der Waals surface area (Å²) in [4.78, 5) is 13.7. The minimum absolute atomic E-state index is 0.0918. The van der Waals surface area contributed by atoms with Crippen LogP contribution in [0.2, 0.25) is 0 Å². The second-order valence-electron chi connectivity index (χ2n) is 3.43. The molecule has 2 aromatic heterocycles. The summed E-state index contributed by atoms with van der Waals surface area (Å²) in [6.45, 7) is 0. The number of hydrogen-bond acceptors (Lipinski definition) is 7. The van der Waals surface area contributed by atoms with E-state index in [9.17, 15) is 0 Å². The summed E-state index contributed by atoms with van der Waals surface area (Å²) < 4.78 is 10.3. The van der Waals surface area contributed by atoms with Gasteiger partial charge in [0, 0.05) is 11.1 Å². The summed E-state index contributed by atoms with van der Waals surface area (Å²) in [5.74, 6) is 0.872. The van der Waals surface area contributed by atoms with Gasteiger partial charge in [-0.15, -0.1) is 11.3 Å². The predicted octanol–water partition coefficient (Wildman–Crippen LogP) is 1.26. The van der Waals surface area contributed by atoms with Gasteiger partial charge in [0.2, 0.25) is 11.8 Å². The Labute approximate surface area is 109 Å². The zero-order valence-electron chi connectivity index (χ0n) is 10.4. The number of aromatic nitrogens is 3. The van der Waals surface area contributed by atoms with Crippen molar-refractivity contribution < 1.29 is 9.47 Å². The number of hydrogen-bond donors (Lipinski definition) is 1. The van der Waals surface area contributed by atoms with Crippen LogP contribution in [-0.4, -0.2) is 36.2 Å². The summed E-state index contributed by atoms with van der Waals surface area (Å²) in [5.41, 5.74) is 2.49. The number of nitrogens with one attached hydrogen (secondary N) is 1. The maximum absolute atomic E-state index is 5.26. The first kappa shape index (κ1) is 12.7. The van der Waals surface area contributed by atoms with Crippen molar-refractivity contribution in [1.29, 1.82) is 0 Å². The van der Waals surface area contributed by atoms with Gasteiger partial charge in [-0.05, 0) is 7.05 Å². The zero-order valence-corrected chi connectivity index (χ0v) is 11.2. The smallest absolute Gasteiger partial charge is 0.240 e. The van der Waals surface area contributed by atoms with Crippen LogP contribution in [0.25, 0.3) is 0 Å². The molecule has 7 heteroatoms. The largest absolute Gasteiger partial charge is 0.480 e. The van der Waals surface area contributed by atoms with Crippen LogP contribution in [0.3, 0.4) is 0 Å². The third kappa shape index (κ3) is 2.41. The van der Waals surface area contributed by atoms with Crippen molar-refractivity contribution in [3.63, 3.8) is 0 Å². The molecule has 0 amide bonds. The van der Waals surface area contributed by atoms with Crippen molar-refractivity contribution in [2.24, 2.45) is 0 Å². The average molecular weight is 266 g/mol. The first-order valence-electron chi connectivity index (χ1n) is 5.30. The molecule has 0 spiro atoms. The second kappa shape index (κ2) is 5.74. The lowest BCUT2D eigenvalue weighted by Crippen LogP contribution is -2.19. The lowest BCUT2D eigenvalue weighted by molar-refractivity contribution is 0.353. The number of thiazole rings is 1. The Bertz CT molecular complexity index is 504. The van der Waals surface area contributed by atoms with Crippen molar-refractivity contribution in [2.75, 3.05) is 21.3 Å². The van der Waals surface area contributed by atoms with E-state index in [0.29, 0.717) is 17.5 Å². The van der Waals surface area contributed by atoms with Crippen LogP contribution in [0.1, 0.15) is 16.6 Å². The van der Waals surface area contributed by atoms with E-state index in [4.69, 9.17) is 9.47 Å². The molecule has 1 N–H and O–H groups in total. The lowest BCUT2D eigenvalue weighted by atomic mass is 10.2. The highest BCUT2D eigenvalue weighted by molar-refractivity contribution is 7.09. The van der Waals surface area contributed by atoms with E-state index in [-0.39, 0.29) is 6.04 Å². The van der Waals surface area contributed by atoms with Gasteiger partial charge in [0.15, 0.2) is 0 Å². The van der Waals surface area contributed by atoms with Crippen LogP contribution in [0.4, 0.5) is 0 Å². The van der Waals surface area contributed by atoms with Gasteiger partial charge < -0.3 is 14.8 Å². The Morgan fingerprint density at radius 2 is 2.11 bits per heavy atom. The van der Waals surface area contributed by atoms with Crippen molar-refractivity contribution in [2.45, 2.75) is 6.04 Å². The SMILES string of the molecule is CNC(c1cncs1)c1ncc(OC)nc1OC. The molecule has 2 heterocycles. The molecule has 0 aliphatic carbocycles. The number of ether oxygens (including phenoxy) is 2. The molecule has 6 nitrogen and oxygen atoms in total. The van der Waals surface area contributed by atoms with E-state index in [1.807, 2.05) is 7.05 Å². The average Bonchev–Trinajstić information content (AvgIpc) is 2.94. The Morgan fingerprint density at radius 1 is 1.28 bits per heavy atom. The summed E-state index contributed by atoms with van der Waals surface area (Å²) in [7, 11) is 4.96. The fourth-order valence-electron chi connectivity index (χ4n) is 1.59. The first-order valence-corrected chi connectivity index (χ1v) is 6.18. The van der Waals surface area contributed by atoms with Gasteiger partial charge in [0.1, 0.15) is 5.69 Å². The van der Waals surface area contributed by atoms with E-state index >= 15 is 0 Å². The van der Waals surface area contributed by atoms with Gasteiger partial charge in [0.05, 0.1) is 32.0 Å². The minimum atomic E-state index is -0.0918. The normalized spacial score (nSPS) is 12.2. The van der Waals surface area contributed by atoms with Crippen molar-refractivity contribution in [3.8, 4) is 11.8 Å². The lowest BCUT2D eigenvalue weighted by Gasteiger charge is -2.16. The predicted molar refractivity (Wildman–Crippen MR) is 68.2 cm³/mol. The third-order valence-electron chi connectivity index (χ3n) is 2.45. The molecule has 0 aliphatic rings. The number of rotatable bonds is 5. The summed E-state index contributed by atoms with van der Waals surface area (Å²) in [5, 5.41) is 3.18. The molecular formula is C11H14N4O2S. The summed E-state index contributed by atoms with van der Waals surface area (Å²) >= 11 is 1.55. The van der Waals surface area contributed by atoms with E-state index in [2.05, 4.69) is 20.3 Å². The van der Waals surface area contributed by atoms with Crippen molar-refractivity contribution in [3.05, 3.63) is 28.5 Å². The van der Waals surface area contributed by atoms with Crippen LogP contribution >= 0.6 is 11.3 Å². The molecule has 2 aromatic rings. The Morgan fingerprint density at radius 3 is 2.67 bits per heavy atom. The van der Waals surface area contributed by atoms with Crippen molar-refractivity contribution >= 4 is 11.3 Å². The Balaban J connectivity index is 2.42. The van der Waals surface area contributed by atoms with Gasteiger partial charge in [-0.2, -0.15) is 4.98 Å². The topological polar surface area (TPSA) is 69.2 Å². The van der Waals surface area contributed by atoms with Gasteiger partial charge in [0.25, 0.3) is 0 Å². The molecule has 0 bridgehead atoms. The molecule has 0 aromatic carbocycles. The van der Waals surface area contributed by atoms with Crippen LogP contribution in [0.5, 0.6) is 11.8 Å². The first-order chi connectivity index (χ1) is 8.80. The molecule has 0 radical (unpaired) electrons. The molecule has 0 saturated heterocycles. The van der Waals surface area contributed by atoms with Crippen molar-refractivity contribution in [1.82, 2.24) is 20.3 Å². The Hall–Kier alpha value is -1.73. The molecular weight excluding hydrogens is 252 g/mol. The minimum Gasteiger partial charge on any atom is -0.480 e. The van der Waals surface area contributed by atoms with E-state index < -0.39 is 0 Å². The highest BCUT2D eigenvalue weighted by Gasteiger charge is 2.21. The molecule has 1 unspecified atom stereocenters. The van der Waals surface area contributed by atoms with Gasteiger partial charge in [-0.3, -0.25) is 4.98 Å². The summed E-state index contributed by atoms with van der Waals surface area (Å²) in [6, 6.07) is -0.0918. The monoisotopic (exact) mass is 266 g/mol. The number of nitrogens with zero attached hydrogens (tertiary/aromatic N) is 3. The molecule has 1 atom stereocenters. The van der Waals surface area contributed by atoms with Crippen LogP contribution in [0.15, 0.2) is 17.9 Å². The standard InChI is InChI=1S/C11H14N4O2S/c1-12-9(7-4-13-6-18-7)10-11(17-3)15-8(16-2)5-14-10/h4-6,9,12H,1-3H3. The Kier molecular flexibility index (Phi) is 4.06. The maximum atomic E-state index is 5.26. The third-order valence-corrected chi connectivity index (χ3v) is 3.29.